The maximum atomic E-state index is 12.9. The minimum atomic E-state index is -0.796. The van der Waals surface area contributed by atoms with E-state index in [0.717, 1.165) is 31.9 Å². The smallest absolute Gasteiger partial charge is 0.294 e. The number of aromatic hydroxyl groups is 1. The van der Waals surface area contributed by atoms with Crippen LogP contribution in [0, 0.1) is 0 Å². The first kappa shape index (κ1) is 25.2. The van der Waals surface area contributed by atoms with E-state index in [1.165, 1.54) is 14.2 Å². The Labute approximate surface area is 208 Å². The summed E-state index contributed by atoms with van der Waals surface area (Å²) in [7, 11) is 3.03. The first-order valence-electron chi connectivity index (χ1n) is 11.7. The summed E-state index contributed by atoms with van der Waals surface area (Å²) in [6.07, 6.45) is 0. The van der Waals surface area contributed by atoms with Crippen molar-refractivity contribution in [3.8, 4) is 28.6 Å². The second-order valence-corrected chi connectivity index (χ2v) is 8.39. The third kappa shape index (κ3) is 5.34. The third-order valence-electron chi connectivity index (χ3n) is 6.29. The number of hydrogen-bond acceptors (Lipinski definition) is 8. The first-order valence-corrected chi connectivity index (χ1v) is 11.7. The number of rotatable bonds is 8. The number of carbonyl (C=O) groups is 1. The second-order valence-electron chi connectivity index (χ2n) is 8.39. The molecule has 1 aromatic heterocycles. The summed E-state index contributed by atoms with van der Waals surface area (Å²) in [5.41, 5.74) is 1.25. The number of aromatic nitrogens is 2. The van der Waals surface area contributed by atoms with Crippen molar-refractivity contribution in [1.29, 1.82) is 0 Å². The number of nitrogens with zero attached hydrogens (tertiary/aromatic N) is 2. The van der Waals surface area contributed by atoms with Crippen LogP contribution in [0.2, 0.25) is 0 Å². The molecule has 0 bridgehead atoms. The molecule has 190 valence electrons. The second kappa shape index (κ2) is 11.2. The molecule has 1 amide bonds. The van der Waals surface area contributed by atoms with Crippen molar-refractivity contribution in [2.24, 2.45) is 0 Å². The molecule has 0 spiro atoms. The lowest BCUT2D eigenvalue weighted by Crippen LogP contribution is -2.37. The molecular formula is C26H30N4O6. The number of morpholine rings is 1. The van der Waals surface area contributed by atoms with Gasteiger partial charge in [-0.25, -0.2) is 4.98 Å². The van der Waals surface area contributed by atoms with Crippen LogP contribution in [0.25, 0.3) is 11.4 Å². The van der Waals surface area contributed by atoms with Crippen LogP contribution in [0.15, 0.2) is 47.3 Å². The lowest BCUT2D eigenvalue weighted by atomic mass is 10.0. The minimum absolute atomic E-state index is 0.0799. The molecule has 1 aliphatic rings. The molecule has 0 aliphatic carbocycles. The molecule has 36 heavy (non-hydrogen) atoms. The van der Waals surface area contributed by atoms with Gasteiger partial charge in [-0.1, -0.05) is 36.4 Å². The largest absolute Gasteiger partial charge is 0.501 e. The molecule has 2 aromatic carbocycles. The van der Waals surface area contributed by atoms with Gasteiger partial charge >= 0.3 is 0 Å². The van der Waals surface area contributed by atoms with Gasteiger partial charge < -0.3 is 29.6 Å². The van der Waals surface area contributed by atoms with E-state index in [1.54, 1.807) is 18.2 Å². The molecule has 4 rings (SSSR count). The highest BCUT2D eigenvalue weighted by Crippen LogP contribution is 2.30. The van der Waals surface area contributed by atoms with Gasteiger partial charge in [0.1, 0.15) is 5.82 Å². The molecule has 10 nitrogen and oxygen atoms in total. The predicted molar refractivity (Wildman–Crippen MR) is 133 cm³/mol. The summed E-state index contributed by atoms with van der Waals surface area (Å²) in [4.78, 5) is 34.4. The van der Waals surface area contributed by atoms with Crippen LogP contribution in [0.5, 0.6) is 17.2 Å². The molecular weight excluding hydrogens is 464 g/mol. The van der Waals surface area contributed by atoms with E-state index in [2.05, 4.69) is 27.1 Å². The molecule has 1 unspecified atom stereocenters. The van der Waals surface area contributed by atoms with Crippen LogP contribution < -0.4 is 20.3 Å². The van der Waals surface area contributed by atoms with Gasteiger partial charge in [0.2, 0.25) is 5.75 Å². The van der Waals surface area contributed by atoms with E-state index in [0.29, 0.717) is 22.6 Å². The number of nitrogens with one attached hydrogen (secondary N) is 2. The molecule has 3 N–H and O–H groups in total. The molecule has 0 radical (unpaired) electrons. The van der Waals surface area contributed by atoms with E-state index >= 15 is 0 Å². The van der Waals surface area contributed by atoms with E-state index in [1.807, 2.05) is 24.3 Å². The Bertz CT molecular complexity index is 1270. The van der Waals surface area contributed by atoms with Crippen molar-refractivity contribution in [3.05, 3.63) is 69.6 Å². The normalized spacial score (nSPS) is 14.8. The first-order chi connectivity index (χ1) is 17.4. The van der Waals surface area contributed by atoms with Gasteiger partial charge in [-0.15, -0.1) is 0 Å². The highest BCUT2D eigenvalue weighted by atomic mass is 16.5. The van der Waals surface area contributed by atoms with Gasteiger partial charge in [0, 0.05) is 36.8 Å². The molecule has 1 fully saturated rings. The number of methoxy groups -OCH3 is 2. The number of benzene rings is 2. The lowest BCUT2D eigenvalue weighted by molar-refractivity contribution is 0.0198. The highest BCUT2D eigenvalue weighted by Gasteiger charge is 2.21. The molecule has 1 aliphatic heterocycles. The van der Waals surface area contributed by atoms with Gasteiger partial charge in [-0.2, -0.15) is 0 Å². The SMILES string of the molecule is COc1cccc(CNC(=O)c2nc(-c3ccc(C(C)N4CCOCC4)cc3)[nH]c(=O)c2O)c1OC. The fourth-order valence-corrected chi connectivity index (χ4v) is 4.21. The van der Waals surface area contributed by atoms with Crippen LogP contribution in [-0.4, -0.2) is 66.4 Å². The summed E-state index contributed by atoms with van der Waals surface area (Å²) in [6, 6.07) is 13.1. The van der Waals surface area contributed by atoms with E-state index in [-0.39, 0.29) is 24.1 Å². The Hall–Kier alpha value is -3.89. The van der Waals surface area contributed by atoms with Crippen molar-refractivity contribution in [2.75, 3.05) is 40.5 Å². The minimum Gasteiger partial charge on any atom is -0.501 e. The Morgan fingerprint density at radius 2 is 1.89 bits per heavy atom. The Morgan fingerprint density at radius 3 is 2.56 bits per heavy atom. The van der Waals surface area contributed by atoms with Gasteiger partial charge in [0.15, 0.2) is 17.2 Å². The number of hydrogen-bond donors (Lipinski definition) is 3. The molecule has 1 saturated heterocycles. The number of aromatic amines is 1. The fraction of sp³-hybridized carbons (Fsp3) is 0.346. The zero-order chi connectivity index (χ0) is 25.7. The maximum Gasteiger partial charge on any atom is 0.294 e. The van der Waals surface area contributed by atoms with Gasteiger partial charge in [-0.05, 0) is 18.6 Å². The molecule has 3 aromatic rings. The van der Waals surface area contributed by atoms with Gasteiger partial charge in [-0.3, -0.25) is 14.5 Å². The van der Waals surface area contributed by atoms with E-state index in [4.69, 9.17) is 14.2 Å². The summed E-state index contributed by atoms with van der Waals surface area (Å²) < 4.78 is 16.1. The molecule has 1 atom stereocenters. The number of ether oxygens (including phenoxy) is 3. The van der Waals surface area contributed by atoms with Crippen LogP contribution in [0.3, 0.4) is 0 Å². The summed E-state index contributed by atoms with van der Waals surface area (Å²) in [5.74, 6) is -0.244. The third-order valence-corrected chi connectivity index (χ3v) is 6.29. The van der Waals surface area contributed by atoms with Crippen LogP contribution in [0.1, 0.15) is 34.6 Å². The number of H-pyrrole nitrogens is 1. The topological polar surface area (TPSA) is 126 Å². The lowest BCUT2D eigenvalue weighted by Gasteiger charge is -2.32. The highest BCUT2D eigenvalue weighted by molar-refractivity contribution is 5.95. The fourth-order valence-electron chi connectivity index (χ4n) is 4.21. The van der Waals surface area contributed by atoms with E-state index in [9.17, 15) is 14.7 Å². The van der Waals surface area contributed by atoms with Crippen LogP contribution in [0.4, 0.5) is 0 Å². The van der Waals surface area contributed by atoms with Crippen molar-refractivity contribution >= 4 is 5.91 Å². The zero-order valence-corrected chi connectivity index (χ0v) is 20.5. The van der Waals surface area contributed by atoms with Crippen LogP contribution in [-0.2, 0) is 11.3 Å². The average molecular weight is 495 g/mol. The summed E-state index contributed by atoms with van der Waals surface area (Å²) >= 11 is 0. The monoisotopic (exact) mass is 494 g/mol. The Morgan fingerprint density at radius 1 is 1.17 bits per heavy atom. The molecule has 10 heteroatoms. The van der Waals surface area contributed by atoms with Crippen molar-refractivity contribution in [2.45, 2.75) is 19.5 Å². The number of para-hydroxylation sites is 1. The number of carbonyl (C=O) groups excluding carboxylic acids is 1. The summed E-state index contributed by atoms with van der Waals surface area (Å²) in [5, 5.41) is 12.9. The number of amides is 1. The van der Waals surface area contributed by atoms with Crippen molar-refractivity contribution in [3.63, 3.8) is 0 Å². The standard InChI is InChI=1S/C26H30N4O6/c1-16(30-11-13-36-14-12-30)17-7-9-18(10-8-17)24-28-21(22(31)26(33)29-24)25(32)27-15-19-5-4-6-20(34-2)23(19)35-3/h4-10,16,31H,11-15H2,1-3H3,(H,27,32)(H,28,29,33). The molecule has 2 heterocycles. The average Bonchev–Trinajstić information content (AvgIpc) is 2.92. The van der Waals surface area contributed by atoms with E-state index < -0.39 is 17.2 Å². The van der Waals surface area contributed by atoms with Crippen LogP contribution >= 0.6 is 0 Å². The van der Waals surface area contributed by atoms with Gasteiger partial charge in [0.05, 0.1) is 27.4 Å². The Balaban J connectivity index is 1.53. The van der Waals surface area contributed by atoms with Gasteiger partial charge in [0.25, 0.3) is 11.5 Å². The Kier molecular flexibility index (Phi) is 7.87. The zero-order valence-electron chi connectivity index (χ0n) is 20.5. The van der Waals surface area contributed by atoms with Crippen molar-refractivity contribution in [1.82, 2.24) is 20.2 Å². The molecule has 0 saturated carbocycles. The quantitative estimate of drug-likeness (QED) is 0.436. The maximum absolute atomic E-state index is 12.9. The predicted octanol–water partition coefficient (Wildman–Crippen LogP) is 2.48. The van der Waals surface area contributed by atoms with Crippen molar-refractivity contribution < 1.29 is 24.1 Å². The summed E-state index contributed by atoms with van der Waals surface area (Å²) in [6.45, 7) is 5.40.